The van der Waals surface area contributed by atoms with E-state index in [-0.39, 0.29) is 6.10 Å². The van der Waals surface area contributed by atoms with Gasteiger partial charge in [-0.3, -0.25) is 0 Å². The van der Waals surface area contributed by atoms with E-state index < -0.39 is 0 Å². The quantitative estimate of drug-likeness (QED) is 0.801. The Bertz CT molecular complexity index is 592. The van der Waals surface area contributed by atoms with Crippen LogP contribution < -0.4 is 10.6 Å². The maximum Gasteiger partial charge on any atom is 0.226 e. The lowest BCUT2D eigenvalue weighted by atomic mass is 9.89. The molecule has 0 amide bonds. The molecule has 1 aliphatic carbocycles. The van der Waals surface area contributed by atoms with Crippen molar-refractivity contribution >= 4 is 33.3 Å². The lowest BCUT2D eigenvalue weighted by Gasteiger charge is -2.32. The van der Waals surface area contributed by atoms with Crippen molar-refractivity contribution < 1.29 is 5.11 Å². The Kier molecular flexibility index (Phi) is 3.28. The summed E-state index contributed by atoms with van der Waals surface area (Å²) >= 11 is 1.68. The molecule has 1 aliphatic rings. The number of hydrogen-bond acceptors (Lipinski definition) is 6. The number of thiophene rings is 1. The van der Waals surface area contributed by atoms with Gasteiger partial charge in [-0.2, -0.15) is 4.98 Å². The molecular formula is C13H18N4OS. The number of aromatic nitrogens is 2. The lowest BCUT2D eigenvalue weighted by Crippen LogP contribution is -2.39. The van der Waals surface area contributed by atoms with E-state index in [1.54, 1.807) is 11.3 Å². The van der Waals surface area contributed by atoms with E-state index in [0.29, 0.717) is 12.0 Å². The highest BCUT2D eigenvalue weighted by molar-refractivity contribution is 7.18. The van der Waals surface area contributed by atoms with Gasteiger partial charge in [0.2, 0.25) is 5.95 Å². The average Bonchev–Trinajstić information content (AvgIpc) is 2.68. The zero-order chi connectivity index (χ0) is 13.4. The van der Waals surface area contributed by atoms with E-state index in [4.69, 9.17) is 0 Å². The van der Waals surface area contributed by atoms with E-state index in [9.17, 15) is 5.11 Å². The van der Waals surface area contributed by atoms with Crippen LogP contribution in [0.5, 0.6) is 0 Å². The summed E-state index contributed by atoms with van der Waals surface area (Å²) in [7, 11) is 0. The van der Waals surface area contributed by atoms with Crippen LogP contribution in [0.1, 0.15) is 24.6 Å². The molecule has 0 spiro atoms. The van der Waals surface area contributed by atoms with Crippen molar-refractivity contribution in [2.45, 2.75) is 38.8 Å². The molecule has 0 aliphatic heterocycles. The van der Waals surface area contributed by atoms with Crippen LogP contribution in [-0.2, 0) is 0 Å². The number of fused-ring (bicyclic) bond motifs is 1. The number of aliphatic hydroxyl groups excluding tert-OH is 1. The van der Waals surface area contributed by atoms with Gasteiger partial charge in [0.15, 0.2) is 0 Å². The number of nitrogens with zero attached hydrogens (tertiary/aromatic N) is 2. The third-order valence-electron chi connectivity index (χ3n) is 3.30. The Morgan fingerprint density at radius 3 is 2.89 bits per heavy atom. The zero-order valence-corrected chi connectivity index (χ0v) is 11.9. The van der Waals surface area contributed by atoms with Crippen LogP contribution in [0.3, 0.4) is 0 Å². The van der Waals surface area contributed by atoms with Crippen molar-refractivity contribution in [1.82, 2.24) is 9.97 Å². The predicted octanol–water partition coefficient (Wildman–Crippen LogP) is 2.37. The van der Waals surface area contributed by atoms with Gasteiger partial charge in [-0.05, 0) is 32.8 Å². The summed E-state index contributed by atoms with van der Waals surface area (Å²) in [6.07, 6.45) is 1.43. The molecule has 6 heteroatoms. The van der Waals surface area contributed by atoms with Crippen LogP contribution >= 0.6 is 11.3 Å². The largest absolute Gasteiger partial charge is 0.393 e. The predicted molar refractivity (Wildman–Crippen MR) is 79.0 cm³/mol. The molecule has 1 fully saturated rings. The summed E-state index contributed by atoms with van der Waals surface area (Å²) in [6, 6.07) is 2.44. The molecule has 2 heterocycles. The van der Waals surface area contributed by atoms with E-state index in [0.717, 1.165) is 35.4 Å². The summed E-state index contributed by atoms with van der Waals surface area (Å²) < 4.78 is 0. The fourth-order valence-corrected chi connectivity index (χ4v) is 3.17. The summed E-state index contributed by atoms with van der Waals surface area (Å²) in [6.45, 7) is 4.91. The van der Waals surface area contributed by atoms with Gasteiger partial charge in [0.1, 0.15) is 10.6 Å². The molecule has 0 unspecified atom stereocenters. The fourth-order valence-electron chi connectivity index (χ4n) is 2.29. The molecule has 3 N–H and O–H groups in total. The molecule has 2 aromatic rings. The monoisotopic (exact) mass is 278 g/mol. The second-order valence-corrected chi connectivity index (χ2v) is 6.20. The van der Waals surface area contributed by atoms with Crippen LogP contribution in [0.2, 0.25) is 0 Å². The zero-order valence-electron chi connectivity index (χ0n) is 11.1. The standard InChI is InChI=1S/C13H18N4OS/c1-3-14-13-16-11(15-8-5-9(18)6-8)10-4-7(2)19-12(10)17-13/h4,8-9,18H,3,5-6H2,1-2H3,(H2,14,15,16,17). The molecule has 1 saturated carbocycles. The minimum absolute atomic E-state index is 0.160. The molecule has 0 atom stereocenters. The van der Waals surface area contributed by atoms with Crippen LogP contribution in [0.4, 0.5) is 11.8 Å². The Hall–Kier alpha value is -1.40. The van der Waals surface area contributed by atoms with Crippen LogP contribution in [-0.4, -0.2) is 33.8 Å². The molecule has 5 nitrogen and oxygen atoms in total. The van der Waals surface area contributed by atoms with Crippen LogP contribution in [0.15, 0.2) is 6.07 Å². The second kappa shape index (κ2) is 4.94. The van der Waals surface area contributed by atoms with Crippen molar-refractivity contribution in [3.05, 3.63) is 10.9 Å². The molecule has 0 bridgehead atoms. The van der Waals surface area contributed by atoms with Crippen molar-refractivity contribution in [2.75, 3.05) is 17.2 Å². The fraction of sp³-hybridized carbons (Fsp3) is 0.538. The van der Waals surface area contributed by atoms with Gasteiger partial charge >= 0.3 is 0 Å². The Labute approximate surface area is 116 Å². The third-order valence-corrected chi connectivity index (χ3v) is 4.25. The molecular weight excluding hydrogens is 260 g/mol. The minimum atomic E-state index is -0.160. The van der Waals surface area contributed by atoms with E-state index >= 15 is 0 Å². The molecule has 102 valence electrons. The van der Waals surface area contributed by atoms with Gasteiger partial charge in [0, 0.05) is 17.5 Å². The average molecular weight is 278 g/mol. The topological polar surface area (TPSA) is 70.1 Å². The van der Waals surface area contributed by atoms with Crippen LogP contribution in [0, 0.1) is 6.92 Å². The van der Waals surface area contributed by atoms with E-state index in [2.05, 4.69) is 33.6 Å². The third kappa shape index (κ3) is 2.50. The highest BCUT2D eigenvalue weighted by atomic mass is 32.1. The van der Waals surface area contributed by atoms with Crippen molar-refractivity contribution in [1.29, 1.82) is 0 Å². The van der Waals surface area contributed by atoms with Crippen LogP contribution in [0.25, 0.3) is 10.2 Å². The summed E-state index contributed by atoms with van der Waals surface area (Å²) in [5.74, 6) is 1.54. The Morgan fingerprint density at radius 1 is 1.42 bits per heavy atom. The molecule has 3 rings (SSSR count). The number of aryl methyl sites for hydroxylation is 1. The minimum Gasteiger partial charge on any atom is -0.393 e. The van der Waals surface area contributed by atoms with Crippen molar-refractivity contribution in [3.63, 3.8) is 0 Å². The smallest absolute Gasteiger partial charge is 0.226 e. The van der Waals surface area contributed by atoms with Gasteiger partial charge in [0.25, 0.3) is 0 Å². The lowest BCUT2D eigenvalue weighted by molar-refractivity contribution is 0.0836. The van der Waals surface area contributed by atoms with Gasteiger partial charge < -0.3 is 15.7 Å². The van der Waals surface area contributed by atoms with Gasteiger partial charge in [-0.1, -0.05) is 0 Å². The Balaban J connectivity index is 1.94. The van der Waals surface area contributed by atoms with E-state index in [1.807, 2.05) is 6.92 Å². The van der Waals surface area contributed by atoms with Crippen molar-refractivity contribution in [3.8, 4) is 0 Å². The van der Waals surface area contributed by atoms with Gasteiger partial charge in [-0.25, -0.2) is 4.98 Å². The maximum absolute atomic E-state index is 9.37. The maximum atomic E-state index is 9.37. The first kappa shape index (κ1) is 12.6. The molecule has 0 aromatic carbocycles. The van der Waals surface area contributed by atoms with Crippen molar-refractivity contribution in [2.24, 2.45) is 0 Å². The Morgan fingerprint density at radius 2 is 2.21 bits per heavy atom. The second-order valence-electron chi connectivity index (χ2n) is 4.97. The first-order valence-corrected chi connectivity index (χ1v) is 7.44. The molecule has 0 radical (unpaired) electrons. The number of hydrogen-bond donors (Lipinski definition) is 3. The molecule has 0 saturated heterocycles. The first-order valence-electron chi connectivity index (χ1n) is 6.62. The highest BCUT2D eigenvalue weighted by Gasteiger charge is 2.28. The van der Waals surface area contributed by atoms with E-state index in [1.165, 1.54) is 4.88 Å². The summed E-state index contributed by atoms with van der Waals surface area (Å²) in [5.41, 5.74) is 0. The number of anilines is 2. The normalized spacial score (nSPS) is 22.3. The number of rotatable bonds is 4. The number of aliphatic hydroxyl groups is 1. The summed E-state index contributed by atoms with van der Waals surface area (Å²) in [5, 5.41) is 17.0. The summed E-state index contributed by atoms with van der Waals surface area (Å²) in [4.78, 5) is 11.3. The first-order chi connectivity index (χ1) is 9.15. The van der Waals surface area contributed by atoms with Gasteiger partial charge in [0.05, 0.1) is 11.5 Å². The SMILES string of the molecule is CCNc1nc(NC2CC(O)C2)c2cc(C)sc2n1. The number of nitrogens with one attached hydrogen (secondary N) is 2. The van der Waals surface area contributed by atoms with Gasteiger partial charge in [-0.15, -0.1) is 11.3 Å². The molecule has 2 aromatic heterocycles. The highest BCUT2D eigenvalue weighted by Crippen LogP contribution is 2.32. The molecule has 19 heavy (non-hydrogen) atoms.